The van der Waals surface area contributed by atoms with Gasteiger partial charge >= 0.3 is 6.03 Å². The van der Waals surface area contributed by atoms with Gasteiger partial charge in [0, 0.05) is 37.6 Å². The fourth-order valence-electron chi connectivity index (χ4n) is 3.02. The van der Waals surface area contributed by atoms with Crippen molar-refractivity contribution in [1.82, 2.24) is 4.90 Å². The zero-order valence-electron chi connectivity index (χ0n) is 13.7. The zero-order valence-corrected chi connectivity index (χ0v) is 13.7. The van der Waals surface area contributed by atoms with E-state index >= 15 is 0 Å². The molecule has 2 aromatic rings. The summed E-state index contributed by atoms with van der Waals surface area (Å²) in [7, 11) is 0. The van der Waals surface area contributed by atoms with E-state index in [1.165, 1.54) is 16.8 Å². The molecule has 2 amide bonds. The molecule has 0 bridgehead atoms. The summed E-state index contributed by atoms with van der Waals surface area (Å²) in [6.07, 6.45) is 0. The van der Waals surface area contributed by atoms with E-state index in [4.69, 9.17) is 0 Å². The Bertz CT molecular complexity index is 656. The number of carbonyl (C=O) groups excluding carboxylic acids is 1. The maximum atomic E-state index is 12.3. The molecule has 23 heavy (non-hydrogen) atoms. The number of benzene rings is 2. The fraction of sp³-hybridized carbons (Fsp3) is 0.316. The lowest BCUT2D eigenvalue weighted by atomic mass is 10.1. The van der Waals surface area contributed by atoms with Crippen LogP contribution in [0.1, 0.15) is 11.1 Å². The molecule has 1 N–H and O–H groups in total. The van der Waals surface area contributed by atoms with E-state index < -0.39 is 0 Å². The molecule has 1 aliphatic rings. The molecule has 0 spiro atoms. The van der Waals surface area contributed by atoms with Gasteiger partial charge < -0.3 is 15.1 Å². The van der Waals surface area contributed by atoms with Crippen molar-refractivity contribution >= 4 is 17.4 Å². The molecule has 2 aromatic carbocycles. The minimum Gasteiger partial charge on any atom is -0.368 e. The highest BCUT2D eigenvalue weighted by atomic mass is 16.2. The second-order valence-electron chi connectivity index (χ2n) is 6.12. The predicted octanol–water partition coefficient (Wildman–Crippen LogP) is 3.66. The summed E-state index contributed by atoms with van der Waals surface area (Å²) < 4.78 is 0. The Morgan fingerprint density at radius 2 is 1.52 bits per heavy atom. The van der Waals surface area contributed by atoms with Crippen LogP contribution in [-0.2, 0) is 0 Å². The molecular formula is C19H23N3O. The van der Waals surface area contributed by atoms with Gasteiger partial charge in [-0.15, -0.1) is 0 Å². The Morgan fingerprint density at radius 1 is 0.913 bits per heavy atom. The monoisotopic (exact) mass is 309 g/mol. The van der Waals surface area contributed by atoms with Gasteiger partial charge in [-0.2, -0.15) is 0 Å². The Hall–Kier alpha value is -2.49. The fourth-order valence-corrected chi connectivity index (χ4v) is 3.02. The lowest BCUT2D eigenvalue weighted by molar-refractivity contribution is 0.208. The quantitative estimate of drug-likeness (QED) is 0.919. The van der Waals surface area contributed by atoms with Crippen LogP contribution in [0.5, 0.6) is 0 Å². The van der Waals surface area contributed by atoms with Crippen molar-refractivity contribution in [3.8, 4) is 0 Å². The van der Waals surface area contributed by atoms with Crippen LogP contribution in [0.15, 0.2) is 48.5 Å². The van der Waals surface area contributed by atoms with Crippen LogP contribution >= 0.6 is 0 Å². The van der Waals surface area contributed by atoms with Gasteiger partial charge in [0.2, 0.25) is 0 Å². The minimum absolute atomic E-state index is 0.0173. The average Bonchev–Trinajstić information content (AvgIpc) is 2.55. The maximum Gasteiger partial charge on any atom is 0.321 e. The highest BCUT2D eigenvalue weighted by Gasteiger charge is 2.21. The molecule has 120 valence electrons. The third-order valence-electron chi connectivity index (χ3n) is 4.16. The normalized spacial score (nSPS) is 14.7. The molecule has 0 atom stereocenters. The van der Waals surface area contributed by atoms with Crippen molar-refractivity contribution in [2.75, 3.05) is 36.4 Å². The van der Waals surface area contributed by atoms with Crippen LogP contribution < -0.4 is 10.2 Å². The number of para-hydroxylation sites is 1. The van der Waals surface area contributed by atoms with Gasteiger partial charge in [-0.3, -0.25) is 0 Å². The van der Waals surface area contributed by atoms with E-state index in [1.54, 1.807) is 0 Å². The number of aryl methyl sites for hydroxylation is 2. The first kappa shape index (κ1) is 15.4. The molecule has 1 fully saturated rings. The molecule has 4 nitrogen and oxygen atoms in total. The van der Waals surface area contributed by atoms with Crippen LogP contribution in [0.3, 0.4) is 0 Å². The van der Waals surface area contributed by atoms with Crippen LogP contribution in [-0.4, -0.2) is 37.1 Å². The molecule has 0 radical (unpaired) electrons. The Labute approximate surface area is 137 Å². The molecular weight excluding hydrogens is 286 g/mol. The maximum absolute atomic E-state index is 12.3. The first-order valence-electron chi connectivity index (χ1n) is 8.06. The lowest BCUT2D eigenvalue weighted by Crippen LogP contribution is -2.50. The molecule has 0 unspecified atom stereocenters. The van der Waals surface area contributed by atoms with E-state index in [2.05, 4.69) is 42.3 Å². The summed E-state index contributed by atoms with van der Waals surface area (Å²) in [6.45, 7) is 7.47. The van der Waals surface area contributed by atoms with Gasteiger partial charge in [0.25, 0.3) is 0 Å². The predicted molar refractivity (Wildman–Crippen MR) is 95.2 cm³/mol. The van der Waals surface area contributed by atoms with Gasteiger partial charge in [0.05, 0.1) is 0 Å². The molecule has 3 rings (SSSR count). The minimum atomic E-state index is -0.0173. The summed E-state index contributed by atoms with van der Waals surface area (Å²) in [5.74, 6) is 0. The molecule has 1 heterocycles. The second kappa shape index (κ2) is 6.73. The van der Waals surface area contributed by atoms with Crippen LogP contribution in [0, 0.1) is 13.8 Å². The van der Waals surface area contributed by atoms with Crippen LogP contribution in [0.2, 0.25) is 0 Å². The number of nitrogens with zero attached hydrogens (tertiary/aromatic N) is 2. The number of urea groups is 1. The van der Waals surface area contributed by atoms with Gasteiger partial charge in [-0.1, -0.05) is 24.3 Å². The second-order valence-corrected chi connectivity index (χ2v) is 6.12. The SMILES string of the molecule is Cc1cc(C)cc(N2CCN(C(=O)Nc3ccccc3)CC2)c1. The van der Waals surface area contributed by atoms with Crippen molar-refractivity contribution < 1.29 is 4.79 Å². The summed E-state index contributed by atoms with van der Waals surface area (Å²) in [5, 5.41) is 2.95. The lowest BCUT2D eigenvalue weighted by Gasteiger charge is -2.36. The number of hydrogen-bond acceptors (Lipinski definition) is 2. The summed E-state index contributed by atoms with van der Waals surface area (Å²) in [6, 6.07) is 16.2. The number of rotatable bonds is 2. The Morgan fingerprint density at radius 3 is 2.13 bits per heavy atom. The molecule has 1 aliphatic heterocycles. The third kappa shape index (κ3) is 3.83. The molecule has 0 saturated carbocycles. The van der Waals surface area contributed by atoms with E-state index in [0.717, 1.165) is 31.9 Å². The first-order valence-corrected chi connectivity index (χ1v) is 8.06. The Kier molecular flexibility index (Phi) is 4.51. The van der Waals surface area contributed by atoms with Crippen molar-refractivity contribution in [3.63, 3.8) is 0 Å². The highest BCUT2D eigenvalue weighted by molar-refractivity contribution is 5.89. The number of piperazine rings is 1. The zero-order chi connectivity index (χ0) is 16.2. The van der Waals surface area contributed by atoms with E-state index in [1.807, 2.05) is 35.2 Å². The van der Waals surface area contributed by atoms with Gasteiger partial charge in [0.1, 0.15) is 0 Å². The summed E-state index contributed by atoms with van der Waals surface area (Å²) >= 11 is 0. The molecule has 4 heteroatoms. The van der Waals surface area contributed by atoms with Crippen molar-refractivity contribution in [2.24, 2.45) is 0 Å². The number of anilines is 2. The number of hydrogen-bond donors (Lipinski definition) is 1. The standard InChI is InChI=1S/C19H23N3O/c1-15-12-16(2)14-18(13-15)21-8-10-22(11-9-21)19(23)20-17-6-4-3-5-7-17/h3-7,12-14H,8-11H2,1-2H3,(H,20,23). The number of amides is 2. The van der Waals surface area contributed by atoms with Crippen LogP contribution in [0.25, 0.3) is 0 Å². The summed E-state index contributed by atoms with van der Waals surface area (Å²) in [5.41, 5.74) is 4.66. The van der Waals surface area contributed by atoms with E-state index in [-0.39, 0.29) is 6.03 Å². The first-order chi connectivity index (χ1) is 11.1. The van der Waals surface area contributed by atoms with Crippen molar-refractivity contribution in [2.45, 2.75) is 13.8 Å². The number of nitrogens with one attached hydrogen (secondary N) is 1. The third-order valence-corrected chi connectivity index (χ3v) is 4.16. The van der Waals surface area contributed by atoms with Gasteiger partial charge in [-0.05, 0) is 49.2 Å². The largest absolute Gasteiger partial charge is 0.368 e. The average molecular weight is 309 g/mol. The van der Waals surface area contributed by atoms with E-state index in [9.17, 15) is 4.79 Å². The Balaban J connectivity index is 1.58. The van der Waals surface area contributed by atoms with Gasteiger partial charge in [-0.25, -0.2) is 4.79 Å². The molecule has 0 aromatic heterocycles. The van der Waals surface area contributed by atoms with Gasteiger partial charge in [0.15, 0.2) is 0 Å². The summed E-state index contributed by atoms with van der Waals surface area (Å²) in [4.78, 5) is 16.5. The van der Waals surface area contributed by atoms with Crippen molar-refractivity contribution in [1.29, 1.82) is 0 Å². The smallest absolute Gasteiger partial charge is 0.321 e. The molecule has 0 aliphatic carbocycles. The molecule has 1 saturated heterocycles. The highest BCUT2D eigenvalue weighted by Crippen LogP contribution is 2.20. The van der Waals surface area contributed by atoms with E-state index in [0.29, 0.717) is 0 Å². The van der Waals surface area contributed by atoms with Crippen molar-refractivity contribution in [3.05, 3.63) is 59.7 Å². The topological polar surface area (TPSA) is 35.6 Å². The van der Waals surface area contributed by atoms with Crippen LogP contribution in [0.4, 0.5) is 16.2 Å². The number of carbonyl (C=O) groups is 1.